The van der Waals surface area contributed by atoms with Crippen molar-refractivity contribution in [2.24, 2.45) is 0 Å². The van der Waals surface area contributed by atoms with Gasteiger partial charge in [-0.1, -0.05) is 29.8 Å². The lowest BCUT2D eigenvalue weighted by Crippen LogP contribution is -2.02. The molecule has 0 saturated carbocycles. The molecule has 2 aromatic rings. The Morgan fingerprint density at radius 3 is 2.24 bits per heavy atom. The molecule has 0 aliphatic rings. The second-order valence-corrected chi connectivity index (χ2v) is 5.01. The molecule has 3 heteroatoms. The maximum atomic E-state index is 12.3. The molecule has 0 saturated heterocycles. The fourth-order valence-corrected chi connectivity index (χ4v) is 2.24. The van der Waals surface area contributed by atoms with Gasteiger partial charge >= 0.3 is 0 Å². The van der Waals surface area contributed by atoms with Crippen LogP contribution in [-0.4, -0.2) is 20.0 Å². The van der Waals surface area contributed by atoms with Crippen LogP contribution in [0.3, 0.4) is 0 Å². The van der Waals surface area contributed by atoms with Gasteiger partial charge in [0.2, 0.25) is 0 Å². The Bertz CT molecular complexity index is 610. The minimum Gasteiger partial charge on any atom is -0.497 e. The summed E-state index contributed by atoms with van der Waals surface area (Å²) in [5.74, 6) is 1.36. The van der Waals surface area contributed by atoms with Gasteiger partial charge in [0.15, 0.2) is 5.78 Å². The molecule has 0 amide bonds. The number of ether oxygens (including phenoxy) is 2. The van der Waals surface area contributed by atoms with Crippen LogP contribution < -0.4 is 9.47 Å². The highest BCUT2D eigenvalue weighted by atomic mass is 16.5. The fourth-order valence-electron chi connectivity index (χ4n) is 2.24. The van der Waals surface area contributed by atoms with E-state index in [0.29, 0.717) is 23.5 Å². The number of hydrogen-bond acceptors (Lipinski definition) is 3. The molecule has 0 aliphatic heterocycles. The molecule has 0 unspecified atom stereocenters. The van der Waals surface area contributed by atoms with Crippen molar-refractivity contribution in [3.63, 3.8) is 0 Å². The number of carbonyl (C=O) groups excluding carboxylic acids is 1. The SMILES string of the molecule is COc1cc(OC)cc(C(=O)CCc2cccc(C)c2)c1. The lowest BCUT2D eigenvalue weighted by atomic mass is 10.0. The molecule has 110 valence electrons. The van der Waals surface area contributed by atoms with Gasteiger partial charge in [-0.15, -0.1) is 0 Å². The van der Waals surface area contributed by atoms with Crippen LogP contribution in [0.1, 0.15) is 27.9 Å². The molecular formula is C18H20O3. The van der Waals surface area contributed by atoms with Crippen LogP contribution in [0.5, 0.6) is 11.5 Å². The van der Waals surface area contributed by atoms with Crippen LogP contribution in [0.2, 0.25) is 0 Å². The number of aryl methyl sites for hydroxylation is 2. The summed E-state index contributed by atoms with van der Waals surface area (Å²) < 4.78 is 10.4. The minimum absolute atomic E-state index is 0.0914. The van der Waals surface area contributed by atoms with Crippen molar-refractivity contribution in [2.45, 2.75) is 19.8 Å². The van der Waals surface area contributed by atoms with Gasteiger partial charge in [0.25, 0.3) is 0 Å². The third-order valence-electron chi connectivity index (χ3n) is 3.40. The highest BCUT2D eigenvalue weighted by Crippen LogP contribution is 2.23. The molecule has 0 N–H and O–H groups in total. The lowest BCUT2D eigenvalue weighted by molar-refractivity contribution is 0.0982. The van der Waals surface area contributed by atoms with Gasteiger partial charge in [0.1, 0.15) is 11.5 Å². The quantitative estimate of drug-likeness (QED) is 0.756. The summed E-state index contributed by atoms with van der Waals surface area (Å²) >= 11 is 0. The molecule has 0 aromatic heterocycles. The molecule has 0 atom stereocenters. The Morgan fingerprint density at radius 1 is 1.00 bits per heavy atom. The normalized spacial score (nSPS) is 10.2. The highest BCUT2D eigenvalue weighted by molar-refractivity contribution is 5.97. The van der Waals surface area contributed by atoms with E-state index in [1.807, 2.05) is 12.1 Å². The van der Waals surface area contributed by atoms with E-state index in [0.717, 1.165) is 6.42 Å². The van der Waals surface area contributed by atoms with Crippen molar-refractivity contribution in [3.8, 4) is 11.5 Å². The molecule has 3 nitrogen and oxygen atoms in total. The second-order valence-electron chi connectivity index (χ2n) is 5.01. The first-order valence-corrected chi connectivity index (χ1v) is 6.94. The standard InChI is InChI=1S/C18H20O3/c1-13-5-4-6-14(9-13)7-8-18(19)15-10-16(20-2)12-17(11-15)21-3/h4-6,9-12H,7-8H2,1-3H3. The summed E-state index contributed by atoms with van der Waals surface area (Å²) in [5.41, 5.74) is 3.01. The molecular weight excluding hydrogens is 264 g/mol. The third kappa shape index (κ3) is 4.09. The van der Waals surface area contributed by atoms with Crippen LogP contribution in [0.25, 0.3) is 0 Å². The van der Waals surface area contributed by atoms with Crippen LogP contribution in [0, 0.1) is 6.92 Å². The molecule has 0 aliphatic carbocycles. The van der Waals surface area contributed by atoms with Crippen LogP contribution in [0.15, 0.2) is 42.5 Å². The zero-order chi connectivity index (χ0) is 15.2. The zero-order valence-corrected chi connectivity index (χ0v) is 12.7. The van der Waals surface area contributed by atoms with Crippen LogP contribution in [-0.2, 0) is 6.42 Å². The van der Waals surface area contributed by atoms with Gasteiger partial charge in [-0.3, -0.25) is 4.79 Å². The summed E-state index contributed by atoms with van der Waals surface area (Å²) in [4.78, 5) is 12.3. The number of methoxy groups -OCH3 is 2. The number of benzene rings is 2. The Labute approximate surface area is 125 Å². The predicted molar refractivity (Wildman–Crippen MR) is 83.4 cm³/mol. The monoisotopic (exact) mass is 284 g/mol. The van der Waals surface area contributed by atoms with E-state index < -0.39 is 0 Å². The van der Waals surface area contributed by atoms with Crippen LogP contribution in [0.4, 0.5) is 0 Å². The van der Waals surface area contributed by atoms with Gasteiger partial charge in [0.05, 0.1) is 14.2 Å². The summed E-state index contributed by atoms with van der Waals surface area (Å²) in [7, 11) is 3.16. The third-order valence-corrected chi connectivity index (χ3v) is 3.40. The number of hydrogen-bond donors (Lipinski definition) is 0. The molecule has 0 radical (unpaired) electrons. The van der Waals surface area contributed by atoms with Crippen LogP contribution >= 0.6 is 0 Å². The molecule has 2 aromatic carbocycles. The largest absolute Gasteiger partial charge is 0.497 e. The Morgan fingerprint density at radius 2 is 1.67 bits per heavy atom. The first kappa shape index (κ1) is 15.1. The minimum atomic E-state index is 0.0914. The van der Waals surface area contributed by atoms with Crippen molar-refractivity contribution in [2.75, 3.05) is 14.2 Å². The van der Waals surface area contributed by atoms with E-state index in [-0.39, 0.29) is 5.78 Å². The zero-order valence-electron chi connectivity index (χ0n) is 12.7. The first-order chi connectivity index (χ1) is 10.1. The van der Waals surface area contributed by atoms with E-state index in [9.17, 15) is 4.79 Å². The van der Waals surface area contributed by atoms with Gasteiger partial charge in [-0.2, -0.15) is 0 Å². The van der Waals surface area contributed by atoms with E-state index in [1.54, 1.807) is 32.4 Å². The summed E-state index contributed by atoms with van der Waals surface area (Å²) in [5, 5.41) is 0. The summed E-state index contributed by atoms with van der Waals surface area (Å²) in [6.07, 6.45) is 1.21. The molecule has 0 heterocycles. The average Bonchev–Trinajstić information content (AvgIpc) is 2.52. The molecule has 0 spiro atoms. The number of ketones is 1. The molecule has 0 bridgehead atoms. The van der Waals surface area contributed by atoms with E-state index in [1.165, 1.54) is 11.1 Å². The van der Waals surface area contributed by atoms with Gasteiger partial charge in [-0.05, 0) is 31.0 Å². The maximum Gasteiger partial charge on any atom is 0.163 e. The Balaban J connectivity index is 2.09. The number of rotatable bonds is 6. The lowest BCUT2D eigenvalue weighted by Gasteiger charge is -2.08. The topological polar surface area (TPSA) is 35.5 Å². The fraction of sp³-hybridized carbons (Fsp3) is 0.278. The molecule has 0 fully saturated rings. The molecule has 2 rings (SSSR count). The van der Waals surface area contributed by atoms with Crippen molar-refractivity contribution >= 4 is 5.78 Å². The van der Waals surface area contributed by atoms with E-state index in [4.69, 9.17) is 9.47 Å². The van der Waals surface area contributed by atoms with Crippen molar-refractivity contribution in [1.82, 2.24) is 0 Å². The first-order valence-electron chi connectivity index (χ1n) is 6.94. The van der Waals surface area contributed by atoms with Gasteiger partial charge in [0, 0.05) is 18.1 Å². The number of Topliss-reactive ketones (excluding diaryl/α,β-unsaturated/α-hetero) is 1. The van der Waals surface area contributed by atoms with E-state index in [2.05, 4.69) is 19.1 Å². The van der Waals surface area contributed by atoms with E-state index >= 15 is 0 Å². The predicted octanol–water partition coefficient (Wildman–Crippen LogP) is 3.83. The summed E-state index contributed by atoms with van der Waals surface area (Å²) in [6.45, 7) is 2.05. The van der Waals surface area contributed by atoms with Crippen molar-refractivity contribution in [1.29, 1.82) is 0 Å². The van der Waals surface area contributed by atoms with Gasteiger partial charge in [-0.25, -0.2) is 0 Å². The van der Waals surface area contributed by atoms with Crippen molar-refractivity contribution in [3.05, 3.63) is 59.2 Å². The van der Waals surface area contributed by atoms with Gasteiger partial charge < -0.3 is 9.47 Å². The Hall–Kier alpha value is -2.29. The number of carbonyl (C=O) groups is 1. The second kappa shape index (κ2) is 6.93. The van der Waals surface area contributed by atoms with Crippen molar-refractivity contribution < 1.29 is 14.3 Å². The highest BCUT2D eigenvalue weighted by Gasteiger charge is 2.10. The molecule has 21 heavy (non-hydrogen) atoms. The summed E-state index contributed by atoms with van der Waals surface area (Å²) in [6, 6.07) is 13.5. The Kier molecular flexibility index (Phi) is 4.99. The average molecular weight is 284 g/mol. The maximum absolute atomic E-state index is 12.3. The smallest absolute Gasteiger partial charge is 0.163 e.